The summed E-state index contributed by atoms with van der Waals surface area (Å²) in [5.74, 6) is 2.32. The zero-order valence-electron chi connectivity index (χ0n) is 18.0. The molecule has 166 valence electrons. The van der Waals surface area contributed by atoms with Crippen LogP contribution in [0.2, 0.25) is 5.15 Å². The molecule has 1 atom stereocenters. The zero-order chi connectivity index (χ0) is 22.8. The quantitative estimate of drug-likeness (QED) is 0.571. The Kier molecular flexibility index (Phi) is 6.03. The van der Waals surface area contributed by atoms with Gasteiger partial charge in [-0.2, -0.15) is 5.10 Å². The predicted molar refractivity (Wildman–Crippen MR) is 121 cm³/mol. The van der Waals surface area contributed by atoms with Crippen molar-refractivity contribution in [1.29, 1.82) is 0 Å². The first-order valence-electron chi connectivity index (χ1n) is 10.1. The minimum absolute atomic E-state index is 0.232. The number of methoxy groups -OCH3 is 1. The minimum Gasteiger partial charge on any atom is -0.497 e. The first kappa shape index (κ1) is 21.7. The third-order valence-corrected chi connectivity index (χ3v) is 5.73. The maximum Gasteiger partial charge on any atom is 0.272 e. The van der Waals surface area contributed by atoms with Crippen LogP contribution in [0, 0.1) is 0 Å². The Morgan fingerprint density at radius 2 is 2.12 bits per heavy atom. The van der Waals surface area contributed by atoms with E-state index in [9.17, 15) is 9.59 Å². The Morgan fingerprint density at radius 1 is 1.38 bits per heavy atom. The Labute approximate surface area is 190 Å². The van der Waals surface area contributed by atoms with Gasteiger partial charge in [0.25, 0.3) is 5.91 Å². The molecule has 0 aliphatic carbocycles. The van der Waals surface area contributed by atoms with Gasteiger partial charge >= 0.3 is 0 Å². The zero-order valence-corrected chi connectivity index (χ0v) is 18.8. The number of nitrogens with one attached hydrogen (secondary N) is 1. The molecular formula is C22H23ClN6O3. The van der Waals surface area contributed by atoms with Gasteiger partial charge in [0, 0.05) is 33.3 Å². The van der Waals surface area contributed by atoms with Crippen molar-refractivity contribution in [2.24, 2.45) is 0 Å². The van der Waals surface area contributed by atoms with E-state index >= 15 is 0 Å². The van der Waals surface area contributed by atoms with Crippen molar-refractivity contribution in [2.75, 3.05) is 32.6 Å². The third kappa shape index (κ3) is 4.12. The van der Waals surface area contributed by atoms with Crippen molar-refractivity contribution in [2.45, 2.75) is 19.0 Å². The summed E-state index contributed by atoms with van der Waals surface area (Å²) < 4.78 is 6.64. The van der Waals surface area contributed by atoms with E-state index in [1.54, 1.807) is 25.1 Å². The van der Waals surface area contributed by atoms with E-state index in [1.807, 2.05) is 42.2 Å². The van der Waals surface area contributed by atoms with Crippen molar-refractivity contribution < 1.29 is 14.3 Å². The number of anilines is 1. The highest BCUT2D eigenvalue weighted by Crippen LogP contribution is 2.26. The number of ether oxygens (including phenoxy) is 1. The number of imidazole rings is 1. The molecule has 0 bridgehead atoms. The molecule has 10 heteroatoms. The molecule has 1 saturated heterocycles. The summed E-state index contributed by atoms with van der Waals surface area (Å²) in [6.07, 6.45) is 2.09. The monoisotopic (exact) mass is 454 g/mol. The number of fused-ring (bicyclic) bond motifs is 1. The molecule has 32 heavy (non-hydrogen) atoms. The van der Waals surface area contributed by atoms with Crippen LogP contribution in [0.3, 0.4) is 0 Å². The molecule has 1 fully saturated rings. The van der Waals surface area contributed by atoms with Gasteiger partial charge in [-0.15, -0.1) is 0 Å². The molecule has 3 heterocycles. The molecule has 0 unspecified atom stereocenters. The van der Waals surface area contributed by atoms with Gasteiger partial charge in [0.2, 0.25) is 0 Å². The first-order valence-corrected chi connectivity index (χ1v) is 10.4. The second-order valence-electron chi connectivity index (χ2n) is 7.66. The highest BCUT2D eigenvalue weighted by atomic mass is 35.5. The fourth-order valence-electron chi connectivity index (χ4n) is 3.82. The van der Waals surface area contributed by atoms with Crippen molar-refractivity contribution in [3.05, 3.63) is 58.6 Å². The number of hydrogen-bond donors (Lipinski definition) is 1. The maximum absolute atomic E-state index is 12.9. The van der Waals surface area contributed by atoms with Crippen molar-refractivity contribution >= 4 is 34.8 Å². The number of likely N-dealkylation sites (N-methyl/N-ethyl adjacent to an activating group) is 1. The molecule has 1 aliphatic rings. The topological polar surface area (TPSA) is 92.1 Å². The summed E-state index contributed by atoms with van der Waals surface area (Å²) in [4.78, 5) is 32.4. The molecule has 1 N–H and O–H groups in total. The van der Waals surface area contributed by atoms with Crippen LogP contribution in [0.25, 0.3) is 5.65 Å². The molecule has 1 aromatic carbocycles. The van der Waals surface area contributed by atoms with E-state index < -0.39 is 6.04 Å². The van der Waals surface area contributed by atoms with Crippen molar-refractivity contribution in [3.63, 3.8) is 0 Å². The summed E-state index contributed by atoms with van der Waals surface area (Å²) in [6, 6.07) is 9.09. The summed E-state index contributed by atoms with van der Waals surface area (Å²) in [7, 11) is 5.34. The van der Waals surface area contributed by atoms with Gasteiger partial charge in [-0.1, -0.05) is 23.7 Å². The number of benzene rings is 1. The molecule has 1 aliphatic heterocycles. The Balaban J connectivity index is 1.60. The van der Waals surface area contributed by atoms with E-state index in [4.69, 9.17) is 16.3 Å². The summed E-state index contributed by atoms with van der Waals surface area (Å²) in [5.41, 5.74) is 2.97. The lowest BCUT2D eigenvalue weighted by Crippen LogP contribution is -2.36. The van der Waals surface area contributed by atoms with Gasteiger partial charge in [0.1, 0.15) is 17.4 Å². The number of halogens is 1. The van der Waals surface area contributed by atoms with Crippen LogP contribution in [0.15, 0.2) is 42.2 Å². The van der Waals surface area contributed by atoms with Gasteiger partial charge in [0.15, 0.2) is 16.5 Å². The van der Waals surface area contributed by atoms with Crippen LogP contribution in [0.5, 0.6) is 5.75 Å². The largest absolute Gasteiger partial charge is 0.497 e. The first-order chi connectivity index (χ1) is 15.4. The number of aromatic nitrogens is 3. The third-order valence-electron chi connectivity index (χ3n) is 5.55. The molecule has 2 aromatic heterocycles. The van der Waals surface area contributed by atoms with Crippen molar-refractivity contribution in [1.82, 2.24) is 24.8 Å². The summed E-state index contributed by atoms with van der Waals surface area (Å²) in [5, 5.41) is 7.38. The lowest BCUT2D eigenvalue weighted by Gasteiger charge is -2.20. The Bertz CT molecular complexity index is 1200. The average molecular weight is 455 g/mol. The fourth-order valence-corrected chi connectivity index (χ4v) is 4.00. The summed E-state index contributed by atoms with van der Waals surface area (Å²) >= 11 is 6.28. The number of hydrogen-bond acceptors (Lipinski definition) is 7. The Morgan fingerprint density at radius 3 is 2.81 bits per heavy atom. The van der Waals surface area contributed by atoms with E-state index in [-0.39, 0.29) is 16.8 Å². The smallest absolute Gasteiger partial charge is 0.272 e. The molecular weight excluding hydrogens is 432 g/mol. The maximum atomic E-state index is 12.9. The molecule has 9 nitrogen and oxygen atoms in total. The van der Waals surface area contributed by atoms with Gasteiger partial charge in [-0.25, -0.2) is 14.3 Å². The standard InChI is InChI=1S/C22H23ClN6O3/c1-27-9-8-16(19(27)13-30)25-22(31)18-11-24-21-17(10-20(23)26-29(18)21)28(2)12-14-4-6-15(32-3)7-5-14/h4-7,10-11,16H,8-9,12H2,1-3H3,(H,25,31)/t16-/m0/s1. The van der Waals surface area contributed by atoms with Gasteiger partial charge < -0.3 is 19.9 Å². The minimum atomic E-state index is -0.396. The van der Waals surface area contributed by atoms with Crippen LogP contribution >= 0.6 is 11.6 Å². The van der Waals surface area contributed by atoms with Crippen LogP contribution in [-0.4, -0.2) is 65.1 Å². The molecule has 0 spiro atoms. The molecule has 0 saturated carbocycles. The lowest BCUT2D eigenvalue weighted by molar-refractivity contribution is 0.0936. The second kappa shape index (κ2) is 8.90. The van der Waals surface area contributed by atoms with E-state index in [0.717, 1.165) is 17.0 Å². The number of rotatable bonds is 6. The molecule has 1 amide bonds. The number of carbonyl (C=O) groups excluding carboxylic acids is 2. The SMILES string of the molecule is COc1ccc(CN(C)c2cc(Cl)nn3c(C(=O)N[C@H]4CCN(C)C4=C=O)cnc23)cc1. The normalized spacial score (nSPS) is 15.7. The van der Waals surface area contributed by atoms with Crippen molar-refractivity contribution in [3.8, 4) is 5.75 Å². The second-order valence-corrected chi connectivity index (χ2v) is 8.05. The van der Waals surface area contributed by atoms with Gasteiger partial charge in [-0.05, 0) is 24.1 Å². The van der Waals surface area contributed by atoms with Crippen LogP contribution in [0.1, 0.15) is 22.5 Å². The van der Waals surface area contributed by atoms with Crippen LogP contribution in [0.4, 0.5) is 5.69 Å². The van der Waals surface area contributed by atoms with Gasteiger partial charge in [0.05, 0.1) is 25.0 Å². The average Bonchev–Trinajstić information content (AvgIpc) is 3.36. The number of nitrogens with zero attached hydrogens (tertiary/aromatic N) is 5. The predicted octanol–water partition coefficient (Wildman–Crippen LogP) is 2.18. The van der Waals surface area contributed by atoms with Crippen LogP contribution < -0.4 is 15.0 Å². The van der Waals surface area contributed by atoms with E-state index in [2.05, 4.69) is 15.4 Å². The molecule has 0 radical (unpaired) electrons. The van der Waals surface area contributed by atoms with E-state index in [1.165, 1.54) is 10.7 Å². The number of amides is 1. The van der Waals surface area contributed by atoms with E-state index in [0.29, 0.717) is 30.9 Å². The highest BCUT2D eigenvalue weighted by Gasteiger charge is 2.29. The number of carbonyl (C=O) groups is 1. The van der Waals surface area contributed by atoms with Crippen LogP contribution in [-0.2, 0) is 11.3 Å². The lowest BCUT2D eigenvalue weighted by atomic mass is 10.2. The fraction of sp³-hybridized carbons (Fsp3) is 0.318. The van der Waals surface area contributed by atoms with Gasteiger partial charge in [-0.3, -0.25) is 4.79 Å². The number of likely N-dealkylation sites (tertiary alicyclic amines) is 1. The Hall–Kier alpha value is -3.55. The summed E-state index contributed by atoms with van der Waals surface area (Å²) in [6.45, 7) is 1.27. The highest BCUT2D eigenvalue weighted by molar-refractivity contribution is 6.29. The molecule has 3 aromatic rings. The molecule has 4 rings (SSSR count).